The summed E-state index contributed by atoms with van der Waals surface area (Å²) in [5.41, 5.74) is 7.31. The molecule has 3 N–H and O–H groups in total. The average molecular weight is 327 g/mol. The van der Waals surface area contributed by atoms with Crippen LogP contribution >= 0.6 is 11.6 Å². The minimum atomic E-state index is 0.285. The van der Waals surface area contributed by atoms with Crippen molar-refractivity contribution in [2.24, 2.45) is 0 Å². The molecule has 2 aliphatic heterocycles. The number of hydrogen-bond acceptors (Lipinski definition) is 3. The number of fused-ring (bicyclic) bond motifs is 1. The van der Waals surface area contributed by atoms with E-state index in [1.54, 1.807) is 12.1 Å². The van der Waals surface area contributed by atoms with Crippen molar-refractivity contribution in [3.8, 4) is 5.75 Å². The Labute approximate surface area is 141 Å². The topological polar surface area (TPSA) is 44.3 Å². The first-order valence-electron chi connectivity index (χ1n) is 8.03. The lowest BCUT2D eigenvalue weighted by molar-refractivity contribution is 0.475. The predicted molar refractivity (Wildman–Crippen MR) is 95.5 cm³/mol. The number of anilines is 1. The van der Waals surface area contributed by atoms with E-state index in [4.69, 9.17) is 11.6 Å². The maximum Gasteiger partial charge on any atom is 0.117 e. The van der Waals surface area contributed by atoms with Crippen LogP contribution in [0.1, 0.15) is 24.8 Å². The van der Waals surface area contributed by atoms with Gasteiger partial charge in [0.15, 0.2) is 0 Å². The highest BCUT2D eigenvalue weighted by Crippen LogP contribution is 2.44. The summed E-state index contributed by atoms with van der Waals surface area (Å²) in [5.74, 6) is 0.285. The lowest BCUT2D eigenvalue weighted by Gasteiger charge is -2.29. The maximum absolute atomic E-state index is 9.85. The Bertz CT molecular complexity index is 779. The van der Waals surface area contributed by atoms with Crippen LogP contribution < -0.4 is 10.6 Å². The van der Waals surface area contributed by atoms with Gasteiger partial charge in [-0.05, 0) is 49.7 Å². The second kappa shape index (κ2) is 5.91. The van der Waals surface area contributed by atoms with Crippen LogP contribution in [-0.4, -0.2) is 18.2 Å². The Morgan fingerprint density at radius 3 is 2.74 bits per heavy atom. The quantitative estimate of drug-likeness (QED) is 0.666. The molecule has 118 valence electrons. The molecule has 0 radical (unpaired) electrons. The van der Waals surface area contributed by atoms with Gasteiger partial charge in [0.2, 0.25) is 0 Å². The van der Waals surface area contributed by atoms with Crippen molar-refractivity contribution in [3.05, 3.63) is 63.9 Å². The third kappa shape index (κ3) is 2.71. The average Bonchev–Trinajstić information content (AvgIpc) is 2.75. The van der Waals surface area contributed by atoms with Gasteiger partial charge in [-0.1, -0.05) is 29.3 Å². The molecule has 23 heavy (non-hydrogen) atoms. The van der Waals surface area contributed by atoms with E-state index in [-0.39, 0.29) is 5.75 Å². The minimum Gasteiger partial charge on any atom is -0.508 e. The lowest BCUT2D eigenvalue weighted by Crippen LogP contribution is -2.24. The molecular weight excluding hydrogens is 308 g/mol. The second-order valence-corrected chi connectivity index (χ2v) is 6.54. The van der Waals surface area contributed by atoms with E-state index >= 15 is 0 Å². The molecule has 0 atom stereocenters. The number of halogens is 1. The van der Waals surface area contributed by atoms with Gasteiger partial charge >= 0.3 is 0 Å². The minimum absolute atomic E-state index is 0.285. The first kappa shape index (κ1) is 14.6. The molecule has 3 nitrogen and oxygen atoms in total. The van der Waals surface area contributed by atoms with Crippen molar-refractivity contribution in [1.82, 2.24) is 5.32 Å². The third-order valence-corrected chi connectivity index (χ3v) is 4.90. The lowest BCUT2D eigenvalue weighted by atomic mass is 9.84. The molecule has 0 amide bonds. The number of allylic oxidation sites excluding steroid dienone is 6. The van der Waals surface area contributed by atoms with Crippen molar-refractivity contribution in [2.75, 3.05) is 18.4 Å². The summed E-state index contributed by atoms with van der Waals surface area (Å²) in [5, 5.41) is 17.5. The zero-order valence-electron chi connectivity index (χ0n) is 12.8. The van der Waals surface area contributed by atoms with Gasteiger partial charge in [-0.15, -0.1) is 0 Å². The summed E-state index contributed by atoms with van der Waals surface area (Å²) in [6.07, 6.45) is 8.99. The Balaban J connectivity index is 1.92. The summed E-state index contributed by atoms with van der Waals surface area (Å²) in [6, 6.07) is 5.58. The fourth-order valence-electron chi connectivity index (χ4n) is 3.51. The molecule has 0 aromatic heterocycles. The third-order valence-electron chi connectivity index (χ3n) is 4.62. The summed E-state index contributed by atoms with van der Waals surface area (Å²) in [4.78, 5) is 0. The molecule has 1 aliphatic carbocycles. The largest absolute Gasteiger partial charge is 0.508 e. The SMILES string of the molecule is Oc1ccc2c(c1)NC1=C(C=CC(Cl)=CC1)C2=C1CCNCC1. The molecular formula is C19H19ClN2O. The van der Waals surface area contributed by atoms with E-state index in [1.165, 1.54) is 22.3 Å². The molecule has 0 spiro atoms. The van der Waals surface area contributed by atoms with Crippen LogP contribution in [0.2, 0.25) is 0 Å². The monoisotopic (exact) mass is 326 g/mol. The Morgan fingerprint density at radius 1 is 1.09 bits per heavy atom. The molecule has 0 bridgehead atoms. The highest BCUT2D eigenvalue weighted by atomic mass is 35.5. The van der Waals surface area contributed by atoms with Gasteiger partial charge in [0.25, 0.3) is 0 Å². The summed E-state index contributed by atoms with van der Waals surface area (Å²) < 4.78 is 0. The summed E-state index contributed by atoms with van der Waals surface area (Å²) >= 11 is 6.21. The first-order valence-corrected chi connectivity index (χ1v) is 8.40. The number of hydrogen-bond donors (Lipinski definition) is 3. The first-order chi connectivity index (χ1) is 11.2. The van der Waals surface area contributed by atoms with Gasteiger partial charge in [0, 0.05) is 40.0 Å². The van der Waals surface area contributed by atoms with Gasteiger partial charge < -0.3 is 15.7 Å². The van der Waals surface area contributed by atoms with Crippen molar-refractivity contribution in [3.63, 3.8) is 0 Å². The number of phenols is 1. The molecule has 0 saturated carbocycles. The fourth-order valence-corrected chi connectivity index (χ4v) is 3.65. The number of aromatic hydroxyl groups is 1. The van der Waals surface area contributed by atoms with Crippen molar-refractivity contribution >= 4 is 22.9 Å². The van der Waals surface area contributed by atoms with E-state index in [1.807, 2.05) is 18.2 Å². The summed E-state index contributed by atoms with van der Waals surface area (Å²) in [6.45, 7) is 2.04. The molecule has 0 unspecified atom stereocenters. The van der Waals surface area contributed by atoms with Crippen molar-refractivity contribution in [2.45, 2.75) is 19.3 Å². The van der Waals surface area contributed by atoms with Gasteiger partial charge in [-0.2, -0.15) is 0 Å². The Hall–Kier alpha value is -1.97. The number of phenolic OH excluding ortho intramolecular Hbond substituents is 1. The zero-order valence-corrected chi connectivity index (χ0v) is 13.6. The van der Waals surface area contributed by atoms with Crippen LogP contribution in [-0.2, 0) is 0 Å². The number of nitrogens with one attached hydrogen (secondary N) is 2. The van der Waals surface area contributed by atoms with E-state index in [0.717, 1.165) is 48.8 Å². The van der Waals surface area contributed by atoms with Crippen LogP contribution in [0.5, 0.6) is 5.75 Å². The normalized spacial score (nSPS) is 20.5. The van der Waals surface area contributed by atoms with Crippen molar-refractivity contribution in [1.29, 1.82) is 0 Å². The molecule has 2 heterocycles. The molecule has 3 aliphatic rings. The van der Waals surface area contributed by atoms with E-state index in [2.05, 4.69) is 16.7 Å². The van der Waals surface area contributed by atoms with Gasteiger partial charge in [0.05, 0.1) is 0 Å². The zero-order chi connectivity index (χ0) is 15.8. The van der Waals surface area contributed by atoms with Gasteiger partial charge in [-0.25, -0.2) is 0 Å². The maximum atomic E-state index is 9.85. The molecule has 1 fully saturated rings. The van der Waals surface area contributed by atoms with Crippen LogP contribution in [0.4, 0.5) is 5.69 Å². The standard InChI is InChI=1S/C19H19ClN2O/c20-13-1-4-15-17(6-2-13)22-18-11-14(23)3-5-16(18)19(15)12-7-9-21-10-8-12/h1-5,11,21-23H,6-10H2. The predicted octanol–water partition coefficient (Wildman–Crippen LogP) is 4.29. The van der Waals surface area contributed by atoms with Crippen LogP contribution in [0.25, 0.3) is 5.57 Å². The van der Waals surface area contributed by atoms with Crippen LogP contribution in [0.15, 0.2) is 58.3 Å². The highest BCUT2D eigenvalue weighted by molar-refractivity contribution is 6.31. The summed E-state index contributed by atoms with van der Waals surface area (Å²) in [7, 11) is 0. The smallest absolute Gasteiger partial charge is 0.117 e. The second-order valence-electron chi connectivity index (χ2n) is 6.10. The molecule has 1 saturated heterocycles. The van der Waals surface area contributed by atoms with E-state index < -0.39 is 0 Å². The van der Waals surface area contributed by atoms with E-state index in [0.29, 0.717) is 0 Å². The Morgan fingerprint density at radius 2 is 1.91 bits per heavy atom. The Kier molecular flexibility index (Phi) is 3.76. The molecule has 1 aromatic carbocycles. The highest BCUT2D eigenvalue weighted by Gasteiger charge is 2.25. The fraction of sp³-hybridized carbons (Fsp3) is 0.263. The molecule has 4 rings (SSSR count). The van der Waals surface area contributed by atoms with Crippen molar-refractivity contribution < 1.29 is 5.11 Å². The van der Waals surface area contributed by atoms with E-state index in [9.17, 15) is 5.11 Å². The van der Waals surface area contributed by atoms with Gasteiger partial charge in [0.1, 0.15) is 5.75 Å². The number of rotatable bonds is 0. The van der Waals surface area contributed by atoms with Crippen LogP contribution in [0, 0.1) is 0 Å². The molecule has 4 heteroatoms. The molecule has 1 aromatic rings. The van der Waals surface area contributed by atoms with Crippen LogP contribution in [0.3, 0.4) is 0 Å². The van der Waals surface area contributed by atoms with Gasteiger partial charge in [-0.3, -0.25) is 0 Å². The number of piperidine rings is 1. The number of benzene rings is 1.